The summed E-state index contributed by atoms with van der Waals surface area (Å²) >= 11 is 8.63. The highest BCUT2D eigenvalue weighted by molar-refractivity contribution is 7.99. The van der Waals surface area contributed by atoms with Crippen LogP contribution < -0.4 is 5.32 Å². The van der Waals surface area contributed by atoms with E-state index >= 15 is 0 Å². The van der Waals surface area contributed by atoms with Gasteiger partial charge >= 0.3 is 0 Å². The van der Waals surface area contributed by atoms with Crippen molar-refractivity contribution in [1.29, 1.82) is 0 Å². The van der Waals surface area contributed by atoms with Gasteiger partial charge in [0.25, 0.3) is 0 Å². The predicted molar refractivity (Wildman–Crippen MR) is 104 cm³/mol. The summed E-state index contributed by atoms with van der Waals surface area (Å²) < 4.78 is 1.90. The predicted octanol–water partition coefficient (Wildman–Crippen LogP) is 3.20. The standard InChI is InChI=1S/C16H17ClN6OS2/c1-3-14-20-21-15(26-14)18-13(24)9-25-16-22-19-12(23(16)2)8-10-4-6-11(17)7-5-10/h4-7H,3,8-9H2,1-2H3,(H,18,21,24). The maximum absolute atomic E-state index is 12.1. The van der Waals surface area contributed by atoms with Crippen molar-refractivity contribution in [1.82, 2.24) is 25.0 Å². The molecule has 0 fully saturated rings. The summed E-state index contributed by atoms with van der Waals surface area (Å²) in [6, 6.07) is 7.63. The Balaban J connectivity index is 1.56. The second kappa shape index (κ2) is 8.61. The van der Waals surface area contributed by atoms with Crippen LogP contribution in [0.5, 0.6) is 0 Å². The van der Waals surface area contributed by atoms with Crippen molar-refractivity contribution < 1.29 is 4.79 Å². The fourth-order valence-electron chi connectivity index (χ4n) is 2.14. The first-order valence-corrected chi connectivity index (χ1v) is 10.1. The van der Waals surface area contributed by atoms with Gasteiger partial charge in [0.15, 0.2) is 5.16 Å². The molecule has 1 N–H and O–H groups in total. The number of carbonyl (C=O) groups is 1. The van der Waals surface area contributed by atoms with E-state index in [1.807, 2.05) is 42.8 Å². The summed E-state index contributed by atoms with van der Waals surface area (Å²) in [4.78, 5) is 12.1. The highest BCUT2D eigenvalue weighted by Gasteiger charge is 2.13. The minimum atomic E-state index is -0.143. The quantitative estimate of drug-likeness (QED) is 0.604. The largest absolute Gasteiger partial charge is 0.309 e. The van der Waals surface area contributed by atoms with Crippen LogP contribution in [-0.4, -0.2) is 36.6 Å². The zero-order valence-electron chi connectivity index (χ0n) is 14.3. The Morgan fingerprint density at radius 1 is 1.23 bits per heavy atom. The highest BCUT2D eigenvalue weighted by Crippen LogP contribution is 2.20. The molecule has 10 heteroatoms. The monoisotopic (exact) mass is 408 g/mol. The van der Waals surface area contributed by atoms with Crippen LogP contribution in [0.15, 0.2) is 29.4 Å². The third kappa shape index (κ3) is 4.80. The summed E-state index contributed by atoms with van der Waals surface area (Å²) in [6.45, 7) is 2.00. The average molecular weight is 409 g/mol. The lowest BCUT2D eigenvalue weighted by Crippen LogP contribution is -2.14. The van der Waals surface area contributed by atoms with Gasteiger partial charge in [0.1, 0.15) is 10.8 Å². The van der Waals surface area contributed by atoms with E-state index < -0.39 is 0 Å². The Hall–Kier alpha value is -1.97. The number of aryl methyl sites for hydroxylation is 1. The van der Waals surface area contributed by atoms with Gasteiger partial charge in [-0.25, -0.2) is 0 Å². The third-order valence-electron chi connectivity index (χ3n) is 3.55. The summed E-state index contributed by atoms with van der Waals surface area (Å²) in [5.74, 6) is 0.913. The van der Waals surface area contributed by atoms with E-state index in [1.54, 1.807) is 0 Å². The number of hydrogen-bond donors (Lipinski definition) is 1. The molecule has 26 heavy (non-hydrogen) atoms. The molecule has 0 saturated carbocycles. The number of halogens is 1. The number of amides is 1. The van der Waals surface area contributed by atoms with E-state index in [1.165, 1.54) is 23.1 Å². The van der Waals surface area contributed by atoms with Crippen molar-refractivity contribution in [3.63, 3.8) is 0 Å². The fraction of sp³-hybridized carbons (Fsp3) is 0.312. The highest BCUT2D eigenvalue weighted by atomic mass is 35.5. The Morgan fingerprint density at radius 2 is 2.00 bits per heavy atom. The summed E-state index contributed by atoms with van der Waals surface area (Å²) in [7, 11) is 1.89. The summed E-state index contributed by atoms with van der Waals surface area (Å²) in [6.07, 6.45) is 1.45. The molecule has 0 aliphatic carbocycles. The Bertz CT molecular complexity index is 893. The van der Waals surface area contributed by atoms with Crippen LogP contribution in [0, 0.1) is 0 Å². The number of hydrogen-bond acceptors (Lipinski definition) is 7. The Morgan fingerprint density at radius 3 is 2.69 bits per heavy atom. The second-order valence-electron chi connectivity index (χ2n) is 5.45. The van der Waals surface area contributed by atoms with Crippen molar-refractivity contribution >= 4 is 45.7 Å². The number of carbonyl (C=O) groups excluding carboxylic acids is 1. The van der Waals surface area contributed by atoms with E-state index in [-0.39, 0.29) is 11.7 Å². The molecule has 2 aromatic heterocycles. The van der Waals surface area contributed by atoms with Gasteiger partial charge in [-0.05, 0) is 24.1 Å². The molecule has 1 aromatic carbocycles. The van der Waals surface area contributed by atoms with Gasteiger partial charge < -0.3 is 4.57 Å². The first-order valence-electron chi connectivity index (χ1n) is 7.93. The molecule has 1 amide bonds. The molecule has 0 saturated heterocycles. The van der Waals surface area contributed by atoms with E-state index in [4.69, 9.17) is 11.6 Å². The molecule has 2 heterocycles. The van der Waals surface area contributed by atoms with Crippen LogP contribution >= 0.6 is 34.7 Å². The zero-order chi connectivity index (χ0) is 18.5. The zero-order valence-corrected chi connectivity index (χ0v) is 16.7. The molecule has 0 spiro atoms. The number of aromatic nitrogens is 5. The normalized spacial score (nSPS) is 10.9. The lowest BCUT2D eigenvalue weighted by molar-refractivity contribution is -0.113. The van der Waals surface area contributed by atoms with Crippen LogP contribution in [0.25, 0.3) is 0 Å². The van der Waals surface area contributed by atoms with Crippen molar-refractivity contribution in [2.24, 2.45) is 7.05 Å². The molecule has 0 bridgehead atoms. The molecule has 0 aliphatic rings. The third-order valence-corrected chi connectivity index (χ3v) is 5.80. The topological polar surface area (TPSA) is 85.6 Å². The number of benzene rings is 1. The number of anilines is 1. The van der Waals surface area contributed by atoms with Crippen LogP contribution in [0.4, 0.5) is 5.13 Å². The van der Waals surface area contributed by atoms with Gasteiger partial charge in [-0.1, -0.05) is 53.8 Å². The van der Waals surface area contributed by atoms with Crippen LogP contribution in [-0.2, 0) is 24.7 Å². The van der Waals surface area contributed by atoms with Crippen molar-refractivity contribution in [3.8, 4) is 0 Å². The first kappa shape index (κ1) is 18.8. The SMILES string of the molecule is CCc1nnc(NC(=O)CSc2nnc(Cc3ccc(Cl)cc3)n2C)s1. The van der Waals surface area contributed by atoms with Gasteiger partial charge in [-0.3, -0.25) is 10.1 Å². The van der Waals surface area contributed by atoms with Crippen molar-refractivity contribution in [2.45, 2.75) is 24.9 Å². The minimum Gasteiger partial charge on any atom is -0.309 e. The molecule has 0 atom stereocenters. The first-order chi connectivity index (χ1) is 12.5. The lowest BCUT2D eigenvalue weighted by Gasteiger charge is -2.04. The van der Waals surface area contributed by atoms with E-state index in [9.17, 15) is 4.79 Å². The summed E-state index contributed by atoms with van der Waals surface area (Å²) in [5.41, 5.74) is 1.10. The maximum atomic E-state index is 12.1. The molecule has 3 rings (SSSR count). The molecule has 136 valence electrons. The van der Waals surface area contributed by atoms with Gasteiger partial charge in [-0.2, -0.15) is 0 Å². The van der Waals surface area contributed by atoms with Crippen LogP contribution in [0.3, 0.4) is 0 Å². The average Bonchev–Trinajstić information content (AvgIpc) is 3.22. The number of nitrogens with one attached hydrogen (secondary N) is 1. The Kier molecular flexibility index (Phi) is 6.23. The number of nitrogens with zero attached hydrogens (tertiary/aromatic N) is 5. The van der Waals surface area contributed by atoms with Gasteiger partial charge in [0.2, 0.25) is 11.0 Å². The van der Waals surface area contributed by atoms with E-state index in [2.05, 4.69) is 25.7 Å². The molecular formula is C16H17ClN6OS2. The Labute approximate surface area is 164 Å². The summed E-state index contributed by atoms with van der Waals surface area (Å²) in [5, 5.41) is 21.9. The minimum absolute atomic E-state index is 0.143. The van der Waals surface area contributed by atoms with Crippen molar-refractivity contribution in [2.75, 3.05) is 11.1 Å². The van der Waals surface area contributed by atoms with E-state index in [0.717, 1.165) is 22.8 Å². The smallest absolute Gasteiger partial charge is 0.236 e. The molecular weight excluding hydrogens is 392 g/mol. The molecule has 7 nitrogen and oxygen atoms in total. The van der Waals surface area contributed by atoms with Gasteiger partial charge in [0, 0.05) is 18.5 Å². The number of rotatable bonds is 7. The van der Waals surface area contributed by atoms with Gasteiger partial charge in [0.05, 0.1) is 5.75 Å². The second-order valence-corrected chi connectivity index (χ2v) is 7.89. The maximum Gasteiger partial charge on any atom is 0.236 e. The van der Waals surface area contributed by atoms with Crippen LogP contribution in [0.2, 0.25) is 5.02 Å². The van der Waals surface area contributed by atoms with Crippen LogP contribution in [0.1, 0.15) is 23.3 Å². The molecule has 3 aromatic rings. The van der Waals surface area contributed by atoms with Crippen molar-refractivity contribution in [3.05, 3.63) is 45.7 Å². The molecule has 0 unspecified atom stereocenters. The lowest BCUT2D eigenvalue weighted by atomic mass is 10.1. The van der Waals surface area contributed by atoms with Gasteiger partial charge in [-0.15, -0.1) is 20.4 Å². The molecule has 0 radical (unpaired) electrons. The fourth-order valence-corrected chi connectivity index (χ4v) is 3.69. The number of thioether (sulfide) groups is 1. The van der Waals surface area contributed by atoms with E-state index in [0.29, 0.717) is 21.7 Å². The molecule has 0 aliphatic heterocycles.